The number of benzene rings is 2. The topological polar surface area (TPSA) is 75.2 Å². The Balaban J connectivity index is 1.52. The molecular formula is C23H26N4O2S. The molecule has 7 heteroatoms. The lowest BCUT2D eigenvalue weighted by Gasteiger charge is -2.30. The predicted molar refractivity (Wildman–Crippen MR) is 120 cm³/mol. The van der Waals surface area contributed by atoms with Crippen molar-refractivity contribution in [2.24, 2.45) is 5.92 Å². The van der Waals surface area contributed by atoms with Crippen LogP contribution in [0.3, 0.4) is 0 Å². The molecule has 1 fully saturated rings. The summed E-state index contributed by atoms with van der Waals surface area (Å²) >= 11 is 0. The first kappa shape index (κ1) is 20.3. The number of aryl methyl sites for hydroxylation is 1. The van der Waals surface area contributed by atoms with Gasteiger partial charge in [-0.2, -0.15) is 0 Å². The van der Waals surface area contributed by atoms with Crippen molar-refractivity contribution in [2.45, 2.75) is 31.6 Å². The highest BCUT2D eigenvalue weighted by molar-refractivity contribution is 7.92. The highest BCUT2D eigenvalue weighted by atomic mass is 32.2. The Morgan fingerprint density at radius 3 is 2.43 bits per heavy atom. The van der Waals surface area contributed by atoms with Crippen molar-refractivity contribution in [3.8, 4) is 11.3 Å². The fourth-order valence-corrected chi connectivity index (χ4v) is 4.78. The van der Waals surface area contributed by atoms with Crippen LogP contribution in [0.5, 0.6) is 0 Å². The van der Waals surface area contributed by atoms with Gasteiger partial charge in [-0.3, -0.25) is 4.72 Å². The summed E-state index contributed by atoms with van der Waals surface area (Å²) in [7, 11) is -3.65. The quantitative estimate of drug-likeness (QED) is 0.656. The van der Waals surface area contributed by atoms with Gasteiger partial charge in [-0.15, -0.1) is 10.2 Å². The molecule has 3 aromatic rings. The van der Waals surface area contributed by atoms with Crippen LogP contribution >= 0.6 is 0 Å². The number of nitrogens with one attached hydrogen (secondary N) is 1. The minimum absolute atomic E-state index is 0.243. The molecule has 0 aliphatic carbocycles. The third kappa shape index (κ3) is 4.62. The Bertz CT molecular complexity index is 1120. The molecular weight excluding hydrogens is 396 g/mol. The molecule has 2 heterocycles. The van der Waals surface area contributed by atoms with Crippen LogP contribution in [0.15, 0.2) is 65.6 Å². The summed E-state index contributed by atoms with van der Waals surface area (Å²) < 4.78 is 28.1. The second-order valence-electron chi connectivity index (χ2n) is 7.95. The van der Waals surface area contributed by atoms with Crippen LogP contribution in [0.1, 0.15) is 25.3 Å². The van der Waals surface area contributed by atoms with Crippen molar-refractivity contribution < 1.29 is 8.42 Å². The summed E-state index contributed by atoms with van der Waals surface area (Å²) in [6, 6.07) is 18.0. The van der Waals surface area contributed by atoms with Crippen LogP contribution in [0.2, 0.25) is 0 Å². The van der Waals surface area contributed by atoms with Gasteiger partial charge in [0.25, 0.3) is 10.0 Å². The summed E-state index contributed by atoms with van der Waals surface area (Å²) in [6.45, 7) is 6.16. The first-order valence-electron chi connectivity index (χ1n) is 10.2. The van der Waals surface area contributed by atoms with Gasteiger partial charge in [-0.1, -0.05) is 31.2 Å². The minimum atomic E-state index is -3.65. The van der Waals surface area contributed by atoms with Gasteiger partial charge in [0.15, 0.2) is 5.82 Å². The number of hydrogen-bond acceptors (Lipinski definition) is 5. The summed E-state index contributed by atoms with van der Waals surface area (Å²) in [4.78, 5) is 2.51. The first-order chi connectivity index (χ1) is 14.4. The van der Waals surface area contributed by atoms with Gasteiger partial charge in [0, 0.05) is 24.3 Å². The number of hydrogen-bond donors (Lipinski definition) is 1. The maximum absolute atomic E-state index is 12.7. The Morgan fingerprint density at radius 1 is 0.967 bits per heavy atom. The van der Waals surface area contributed by atoms with Crippen molar-refractivity contribution in [2.75, 3.05) is 22.7 Å². The van der Waals surface area contributed by atoms with E-state index in [0.29, 0.717) is 11.4 Å². The Kier molecular flexibility index (Phi) is 5.72. The van der Waals surface area contributed by atoms with E-state index in [9.17, 15) is 8.42 Å². The maximum atomic E-state index is 12.7. The monoisotopic (exact) mass is 422 g/mol. The zero-order valence-corrected chi connectivity index (χ0v) is 18.1. The fraction of sp³-hybridized carbons (Fsp3) is 0.304. The zero-order chi connectivity index (χ0) is 21.1. The van der Waals surface area contributed by atoms with Gasteiger partial charge in [0.05, 0.1) is 10.6 Å². The molecule has 1 aliphatic heterocycles. The second-order valence-corrected chi connectivity index (χ2v) is 9.63. The third-order valence-corrected chi connectivity index (χ3v) is 6.85. The minimum Gasteiger partial charge on any atom is -0.355 e. The standard InChI is InChI=1S/C23H26N4O2S/c1-17-11-13-27(14-12-17)23-10-9-22(24-25-23)19-6-4-7-20(16-19)26-30(28,29)21-8-3-5-18(2)15-21/h3-10,15-17,26H,11-14H2,1-2H3. The number of aromatic nitrogens is 2. The van der Waals surface area contributed by atoms with Crippen LogP contribution in [0, 0.1) is 12.8 Å². The van der Waals surface area contributed by atoms with Gasteiger partial charge in [-0.25, -0.2) is 8.42 Å². The molecule has 1 N–H and O–H groups in total. The van der Waals surface area contributed by atoms with E-state index in [4.69, 9.17) is 0 Å². The molecule has 30 heavy (non-hydrogen) atoms. The van der Waals surface area contributed by atoms with Crippen LogP contribution in [0.4, 0.5) is 11.5 Å². The van der Waals surface area contributed by atoms with Gasteiger partial charge >= 0.3 is 0 Å². The van der Waals surface area contributed by atoms with Crippen molar-refractivity contribution in [3.05, 3.63) is 66.2 Å². The summed E-state index contributed by atoms with van der Waals surface area (Å²) in [5.41, 5.74) is 2.90. The number of sulfonamides is 1. The zero-order valence-electron chi connectivity index (χ0n) is 17.2. The molecule has 0 radical (unpaired) electrons. The van der Waals surface area contributed by atoms with E-state index >= 15 is 0 Å². The van der Waals surface area contributed by atoms with E-state index in [0.717, 1.165) is 36.0 Å². The van der Waals surface area contributed by atoms with E-state index in [1.807, 2.05) is 37.3 Å². The summed E-state index contributed by atoms with van der Waals surface area (Å²) in [5.74, 6) is 1.65. The molecule has 2 aromatic carbocycles. The number of anilines is 2. The van der Waals surface area contributed by atoms with E-state index in [1.165, 1.54) is 12.8 Å². The molecule has 4 rings (SSSR count). The molecule has 0 amide bonds. The lowest BCUT2D eigenvalue weighted by atomic mass is 9.99. The normalized spacial score (nSPS) is 15.2. The molecule has 1 aliphatic rings. The molecule has 0 atom stereocenters. The number of rotatable bonds is 5. The fourth-order valence-electron chi connectivity index (χ4n) is 3.62. The molecule has 1 aromatic heterocycles. The maximum Gasteiger partial charge on any atom is 0.261 e. The smallest absolute Gasteiger partial charge is 0.261 e. The Hall–Kier alpha value is -2.93. The molecule has 0 unspecified atom stereocenters. The Labute approximate surface area is 178 Å². The second kappa shape index (κ2) is 8.44. The van der Waals surface area contributed by atoms with Gasteiger partial charge in [0.2, 0.25) is 0 Å². The largest absolute Gasteiger partial charge is 0.355 e. The van der Waals surface area contributed by atoms with E-state index in [2.05, 4.69) is 26.7 Å². The number of nitrogens with zero attached hydrogens (tertiary/aromatic N) is 3. The van der Waals surface area contributed by atoms with Crippen molar-refractivity contribution in [1.29, 1.82) is 0 Å². The molecule has 0 spiro atoms. The molecule has 0 saturated carbocycles. The predicted octanol–water partition coefficient (Wildman–Crippen LogP) is 4.49. The van der Waals surface area contributed by atoms with Crippen molar-refractivity contribution in [1.82, 2.24) is 10.2 Å². The SMILES string of the molecule is Cc1cccc(S(=O)(=O)Nc2cccc(-c3ccc(N4CCC(C)CC4)nn3)c2)c1. The van der Waals surface area contributed by atoms with Gasteiger partial charge < -0.3 is 4.90 Å². The van der Waals surface area contributed by atoms with Crippen molar-refractivity contribution >= 4 is 21.5 Å². The van der Waals surface area contributed by atoms with Gasteiger partial charge in [0.1, 0.15) is 0 Å². The molecule has 6 nitrogen and oxygen atoms in total. The van der Waals surface area contributed by atoms with E-state index < -0.39 is 10.0 Å². The highest BCUT2D eigenvalue weighted by Gasteiger charge is 2.18. The highest BCUT2D eigenvalue weighted by Crippen LogP contribution is 2.25. The number of piperidine rings is 1. The van der Waals surface area contributed by atoms with Crippen LogP contribution in [-0.4, -0.2) is 31.7 Å². The van der Waals surface area contributed by atoms with Crippen LogP contribution < -0.4 is 9.62 Å². The average Bonchev–Trinajstić information content (AvgIpc) is 2.74. The molecule has 1 saturated heterocycles. The van der Waals surface area contributed by atoms with Crippen LogP contribution in [-0.2, 0) is 10.0 Å². The van der Waals surface area contributed by atoms with Crippen molar-refractivity contribution in [3.63, 3.8) is 0 Å². The van der Waals surface area contributed by atoms with E-state index in [1.54, 1.807) is 30.3 Å². The lowest BCUT2D eigenvalue weighted by Crippen LogP contribution is -2.33. The average molecular weight is 423 g/mol. The summed E-state index contributed by atoms with van der Waals surface area (Å²) in [5, 5.41) is 8.78. The molecule has 156 valence electrons. The third-order valence-electron chi connectivity index (χ3n) is 5.47. The van der Waals surface area contributed by atoms with Crippen LogP contribution in [0.25, 0.3) is 11.3 Å². The Morgan fingerprint density at radius 2 is 1.73 bits per heavy atom. The molecule has 0 bridgehead atoms. The van der Waals surface area contributed by atoms with Gasteiger partial charge in [-0.05, 0) is 67.6 Å². The van der Waals surface area contributed by atoms with E-state index in [-0.39, 0.29) is 4.90 Å². The first-order valence-corrected chi connectivity index (χ1v) is 11.7. The summed E-state index contributed by atoms with van der Waals surface area (Å²) in [6.07, 6.45) is 2.35. The lowest BCUT2D eigenvalue weighted by molar-refractivity contribution is 0.436.